The topological polar surface area (TPSA) is 51.6 Å². The zero-order chi connectivity index (χ0) is 21.9. The average molecular weight is 429 g/mol. The third-order valence-corrected chi connectivity index (χ3v) is 3.92. The third-order valence-electron chi connectivity index (χ3n) is 3.92. The Hall–Kier alpha value is -3.27. The van der Waals surface area contributed by atoms with E-state index in [1.165, 1.54) is 30.5 Å². The molecule has 10 heteroatoms. The van der Waals surface area contributed by atoms with Gasteiger partial charge in [0, 0.05) is 22.9 Å². The summed E-state index contributed by atoms with van der Waals surface area (Å²) >= 11 is 0. The Kier molecular flexibility index (Phi) is 5.88. The molecule has 0 bridgehead atoms. The lowest BCUT2D eigenvalue weighted by Crippen LogP contribution is -2.17. The number of benzene rings is 2. The molecule has 0 saturated carbocycles. The lowest BCUT2D eigenvalue weighted by molar-refractivity contribution is -0.275. The average Bonchev–Trinajstić information content (AvgIpc) is 2.66. The van der Waals surface area contributed by atoms with Crippen molar-refractivity contribution in [1.82, 2.24) is 4.98 Å². The Labute approximate surface area is 166 Å². The molecule has 0 radical (unpaired) electrons. The molecular formula is C20H13F6NO3. The van der Waals surface area contributed by atoms with Gasteiger partial charge >= 0.3 is 12.7 Å². The molecule has 1 heterocycles. The molecule has 2 aromatic carbocycles. The number of hydrogen-bond acceptors (Lipinski definition) is 4. The second-order valence-electron chi connectivity index (χ2n) is 6.03. The van der Waals surface area contributed by atoms with Crippen molar-refractivity contribution >= 4 is 0 Å². The number of hydrogen-bond donors (Lipinski definition) is 1. The van der Waals surface area contributed by atoms with E-state index in [2.05, 4.69) is 14.5 Å². The molecule has 0 atom stereocenters. The van der Waals surface area contributed by atoms with E-state index >= 15 is 0 Å². The van der Waals surface area contributed by atoms with Gasteiger partial charge in [-0.3, -0.25) is 4.98 Å². The lowest BCUT2D eigenvalue weighted by atomic mass is 10.0. The summed E-state index contributed by atoms with van der Waals surface area (Å²) in [5, 5.41) is 9.67. The van der Waals surface area contributed by atoms with Crippen molar-refractivity contribution in [3.05, 3.63) is 66.4 Å². The van der Waals surface area contributed by atoms with Crippen molar-refractivity contribution in [3.8, 4) is 33.9 Å². The Balaban J connectivity index is 1.85. The molecular weight excluding hydrogens is 416 g/mol. The fourth-order valence-corrected chi connectivity index (χ4v) is 2.71. The molecule has 3 aromatic rings. The van der Waals surface area contributed by atoms with Crippen LogP contribution in [0.15, 0.2) is 60.8 Å². The number of aromatic nitrogens is 1. The number of pyridine rings is 1. The van der Waals surface area contributed by atoms with Crippen LogP contribution in [0.25, 0.3) is 22.4 Å². The van der Waals surface area contributed by atoms with Crippen molar-refractivity contribution in [2.75, 3.05) is 0 Å². The van der Waals surface area contributed by atoms with Gasteiger partial charge in [0.2, 0.25) is 0 Å². The lowest BCUT2D eigenvalue weighted by Gasteiger charge is -2.12. The monoisotopic (exact) mass is 429 g/mol. The van der Waals surface area contributed by atoms with E-state index in [1.54, 1.807) is 6.07 Å². The third kappa shape index (κ3) is 5.63. The highest BCUT2D eigenvalue weighted by Crippen LogP contribution is 2.31. The molecule has 0 spiro atoms. The molecule has 1 N–H and O–H groups in total. The van der Waals surface area contributed by atoms with Gasteiger partial charge in [0.15, 0.2) is 0 Å². The van der Waals surface area contributed by atoms with Gasteiger partial charge < -0.3 is 14.6 Å². The number of halogens is 6. The highest BCUT2D eigenvalue weighted by Gasteiger charge is 2.31. The van der Waals surface area contributed by atoms with Gasteiger partial charge in [-0.2, -0.15) is 0 Å². The second-order valence-corrected chi connectivity index (χ2v) is 6.03. The number of aliphatic hydroxyl groups excluding tert-OH is 1. The van der Waals surface area contributed by atoms with Gasteiger partial charge in [0.05, 0.1) is 12.3 Å². The van der Waals surface area contributed by atoms with Crippen LogP contribution in [0.5, 0.6) is 11.5 Å². The molecule has 0 aliphatic heterocycles. The van der Waals surface area contributed by atoms with Crippen LogP contribution < -0.4 is 9.47 Å². The molecule has 0 fully saturated rings. The zero-order valence-corrected chi connectivity index (χ0v) is 15.0. The number of ether oxygens (including phenoxy) is 2. The minimum atomic E-state index is -4.81. The largest absolute Gasteiger partial charge is 0.573 e. The summed E-state index contributed by atoms with van der Waals surface area (Å²) in [4.78, 5) is 4.25. The van der Waals surface area contributed by atoms with Crippen LogP contribution in [-0.2, 0) is 6.61 Å². The van der Waals surface area contributed by atoms with Crippen LogP contribution in [0, 0.1) is 0 Å². The Morgan fingerprint density at radius 3 is 1.60 bits per heavy atom. The molecule has 158 valence electrons. The van der Waals surface area contributed by atoms with Gasteiger partial charge in [0.25, 0.3) is 0 Å². The predicted molar refractivity (Wildman–Crippen MR) is 94.4 cm³/mol. The van der Waals surface area contributed by atoms with Gasteiger partial charge in [-0.1, -0.05) is 12.1 Å². The van der Waals surface area contributed by atoms with E-state index in [1.807, 2.05) is 0 Å². The molecule has 30 heavy (non-hydrogen) atoms. The normalized spacial score (nSPS) is 12.0. The quantitative estimate of drug-likeness (QED) is 0.529. The van der Waals surface area contributed by atoms with Crippen LogP contribution in [-0.4, -0.2) is 22.8 Å². The first-order valence-corrected chi connectivity index (χ1v) is 8.36. The van der Waals surface area contributed by atoms with Crippen molar-refractivity contribution in [2.45, 2.75) is 19.3 Å². The fourth-order valence-electron chi connectivity index (χ4n) is 2.71. The molecule has 0 saturated heterocycles. The summed E-state index contributed by atoms with van der Waals surface area (Å²) in [6.45, 7) is -0.410. The summed E-state index contributed by atoms with van der Waals surface area (Å²) in [6, 6.07) is 11.7. The molecule has 0 unspecified atom stereocenters. The minimum absolute atomic E-state index is 0.344. The van der Waals surface area contributed by atoms with Crippen molar-refractivity contribution in [2.24, 2.45) is 0 Å². The summed E-state index contributed by atoms with van der Waals surface area (Å²) in [5.41, 5.74) is 2.24. The van der Waals surface area contributed by atoms with E-state index in [9.17, 15) is 31.4 Å². The van der Waals surface area contributed by atoms with E-state index in [0.29, 0.717) is 27.9 Å². The SMILES string of the molecule is OCc1cc(-c2ccc(OC(F)(F)F)cc2)cnc1-c1ccc(OC(F)(F)F)cc1. The maximum Gasteiger partial charge on any atom is 0.573 e. The molecule has 4 nitrogen and oxygen atoms in total. The van der Waals surface area contributed by atoms with Crippen LogP contribution in [0.4, 0.5) is 26.3 Å². The number of rotatable bonds is 5. The van der Waals surface area contributed by atoms with Gasteiger partial charge in [-0.05, 0) is 48.0 Å². The van der Waals surface area contributed by atoms with E-state index in [0.717, 1.165) is 24.3 Å². The predicted octanol–water partition coefficient (Wildman–Crippen LogP) is 5.71. The number of alkyl halides is 6. The Morgan fingerprint density at radius 2 is 1.17 bits per heavy atom. The highest BCUT2D eigenvalue weighted by molar-refractivity contribution is 5.70. The van der Waals surface area contributed by atoms with Crippen molar-refractivity contribution in [3.63, 3.8) is 0 Å². The maximum absolute atomic E-state index is 12.3. The summed E-state index contributed by atoms with van der Waals surface area (Å²) in [7, 11) is 0. The Bertz CT molecular complexity index is 999. The second kappa shape index (κ2) is 8.23. The smallest absolute Gasteiger partial charge is 0.406 e. The van der Waals surface area contributed by atoms with Crippen molar-refractivity contribution < 1.29 is 40.9 Å². The van der Waals surface area contributed by atoms with Crippen LogP contribution in [0.2, 0.25) is 0 Å². The molecule has 0 amide bonds. The van der Waals surface area contributed by atoms with E-state index in [-0.39, 0.29) is 5.75 Å². The summed E-state index contributed by atoms with van der Waals surface area (Å²) in [6.07, 6.45) is -8.16. The summed E-state index contributed by atoms with van der Waals surface area (Å²) < 4.78 is 81.2. The first-order chi connectivity index (χ1) is 14.0. The first-order valence-electron chi connectivity index (χ1n) is 8.36. The molecule has 1 aromatic heterocycles. The van der Waals surface area contributed by atoms with Crippen LogP contribution >= 0.6 is 0 Å². The maximum atomic E-state index is 12.3. The number of aliphatic hydroxyl groups is 1. The van der Waals surface area contributed by atoms with E-state index < -0.39 is 25.1 Å². The number of nitrogens with zero attached hydrogens (tertiary/aromatic N) is 1. The molecule has 3 rings (SSSR count). The van der Waals surface area contributed by atoms with E-state index in [4.69, 9.17) is 0 Å². The zero-order valence-electron chi connectivity index (χ0n) is 15.0. The first kappa shape index (κ1) is 21.4. The highest BCUT2D eigenvalue weighted by atomic mass is 19.4. The van der Waals surface area contributed by atoms with Gasteiger partial charge in [0.1, 0.15) is 11.5 Å². The van der Waals surface area contributed by atoms with Gasteiger partial charge in [-0.25, -0.2) is 0 Å². The van der Waals surface area contributed by atoms with Crippen molar-refractivity contribution in [1.29, 1.82) is 0 Å². The minimum Gasteiger partial charge on any atom is -0.406 e. The Morgan fingerprint density at radius 1 is 0.700 bits per heavy atom. The fraction of sp³-hybridized carbons (Fsp3) is 0.150. The molecule has 0 aliphatic carbocycles. The standard InChI is InChI=1S/C20H13F6NO3/c21-19(22,23)29-16-5-1-12(2-6-16)14-9-15(11-28)18(27-10-14)13-3-7-17(8-4-13)30-20(24,25)26/h1-10,28H,11H2. The van der Waals surface area contributed by atoms with Gasteiger partial charge in [-0.15, -0.1) is 26.3 Å². The van der Waals surface area contributed by atoms with Crippen LogP contribution in [0.1, 0.15) is 5.56 Å². The summed E-state index contributed by atoms with van der Waals surface area (Å²) in [5.74, 6) is -0.769. The molecule has 0 aliphatic rings. The van der Waals surface area contributed by atoms with Crippen LogP contribution in [0.3, 0.4) is 0 Å².